The molecule has 0 aliphatic heterocycles. The van der Waals surface area contributed by atoms with Crippen LogP contribution in [-0.4, -0.2) is 0 Å². The molecule has 0 saturated heterocycles. The Morgan fingerprint density at radius 2 is 2.00 bits per heavy atom. The van der Waals surface area contributed by atoms with Crippen molar-refractivity contribution >= 4 is 0 Å². The quantitative estimate of drug-likeness (QED) is 0.503. The van der Waals surface area contributed by atoms with Gasteiger partial charge in [-0.05, 0) is 42.9 Å². The van der Waals surface area contributed by atoms with E-state index >= 15 is 0 Å². The summed E-state index contributed by atoms with van der Waals surface area (Å²) < 4.78 is 0. The summed E-state index contributed by atoms with van der Waals surface area (Å²) in [4.78, 5) is 0. The summed E-state index contributed by atoms with van der Waals surface area (Å²) >= 11 is 0. The minimum atomic E-state index is 0.896. The standard InChI is InChI=1S/C11H18/c1-8(2)11-7-9-3-5-10(11)6-4-9/h3,5,8-11H,4,6-7H2,1-2H3/t9-,10+,11+/m1/s1. The molecule has 0 aromatic heterocycles. The maximum atomic E-state index is 2.47. The first-order valence-electron chi connectivity index (χ1n) is 4.95. The molecule has 0 amide bonds. The van der Waals surface area contributed by atoms with Gasteiger partial charge in [0.1, 0.15) is 0 Å². The Morgan fingerprint density at radius 3 is 2.27 bits per heavy atom. The first-order valence-corrected chi connectivity index (χ1v) is 4.95. The molecule has 62 valence electrons. The molecule has 3 aliphatic carbocycles. The van der Waals surface area contributed by atoms with Gasteiger partial charge in [0.2, 0.25) is 0 Å². The van der Waals surface area contributed by atoms with Gasteiger partial charge >= 0.3 is 0 Å². The van der Waals surface area contributed by atoms with Crippen molar-refractivity contribution < 1.29 is 0 Å². The molecule has 0 spiro atoms. The number of hydrogen-bond donors (Lipinski definition) is 0. The van der Waals surface area contributed by atoms with E-state index in [1.807, 2.05) is 0 Å². The summed E-state index contributed by atoms with van der Waals surface area (Å²) in [7, 11) is 0. The molecule has 2 bridgehead atoms. The highest BCUT2D eigenvalue weighted by atomic mass is 14.4. The Bertz CT molecular complexity index is 167. The molecule has 0 unspecified atom stereocenters. The van der Waals surface area contributed by atoms with Gasteiger partial charge in [0.15, 0.2) is 0 Å². The van der Waals surface area contributed by atoms with E-state index < -0.39 is 0 Å². The van der Waals surface area contributed by atoms with Crippen molar-refractivity contribution in [2.24, 2.45) is 23.7 Å². The van der Waals surface area contributed by atoms with Crippen LogP contribution in [0.5, 0.6) is 0 Å². The van der Waals surface area contributed by atoms with Crippen LogP contribution in [0.1, 0.15) is 33.1 Å². The Balaban J connectivity index is 2.11. The van der Waals surface area contributed by atoms with E-state index in [0.717, 1.165) is 23.7 Å². The molecular weight excluding hydrogens is 132 g/mol. The highest BCUT2D eigenvalue weighted by Gasteiger charge is 2.33. The van der Waals surface area contributed by atoms with Crippen molar-refractivity contribution in [3.63, 3.8) is 0 Å². The third-order valence-corrected chi connectivity index (χ3v) is 3.48. The normalized spacial score (nSPS) is 41.9. The van der Waals surface area contributed by atoms with Gasteiger partial charge in [-0.25, -0.2) is 0 Å². The highest BCUT2D eigenvalue weighted by Crippen LogP contribution is 2.43. The van der Waals surface area contributed by atoms with Crippen molar-refractivity contribution in [1.29, 1.82) is 0 Å². The molecule has 0 heterocycles. The molecule has 1 saturated carbocycles. The minimum Gasteiger partial charge on any atom is -0.0851 e. The molecule has 1 fully saturated rings. The summed E-state index contributed by atoms with van der Waals surface area (Å²) in [6, 6.07) is 0. The second-order valence-electron chi connectivity index (χ2n) is 4.53. The first-order chi connectivity index (χ1) is 5.27. The van der Waals surface area contributed by atoms with Crippen molar-refractivity contribution in [3.8, 4) is 0 Å². The fourth-order valence-corrected chi connectivity index (χ4v) is 2.74. The molecule has 11 heavy (non-hydrogen) atoms. The van der Waals surface area contributed by atoms with Crippen LogP contribution in [-0.2, 0) is 0 Å². The molecule has 0 N–H and O–H groups in total. The predicted octanol–water partition coefficient (Wildman–Crippen LogP) is 3.24. The predicted molar refractivity (Wildman–Crippen MR) is 48.3 cm³/mol. The van der Waals surface area contributed by atoms with Gasteiger partial charge in [0.25, 0.3) is 0 Å². The van der Waals surface area contributed by atoms with Crippen LogP contribution >= 0.6 is 0 Å². The number of allylic oxidation sites excluding steroid dienone is 2. The van der Waals surface area contributed by atoms with Crippen LogP contribution in [0.2, 0.25) is 0 Å². The van der Waals surface area contributed by atoms with Gasteiger partial charge in [0, 0.05) is 0 Å². The van der Waals surface area contributed by atoms with Crippen molar-refractivity contribution in [2.75, 3.05) is 0 Å². The molecular formula is C11H18. The van der Waals surface area contributed by atoms with Gasteiger partial charge in [-0.1, -0.05) is 26.0 Å². The topological polar surface area (TPSA) is 0 Å². The minimum absolute atomic E-state index is 0.896. The third kappa shape index (κ3) is 1.23. The second kappa shape index (κ2) is 2.66. The molecule has 3 rings (SSSR count). The van der Waals surface area contributed by atoms with Crippen molar-refractivity contribution in [3.05, 3.63) is 12.2 Å². The van der Waals surface area contributed by atoms with Gasteiger partial charge in [-0.3, -0.25) is 0 Å². The van der Waals surface area contributed by atoms with E-state index in [1.54, 1.807) is 0 Å². The maximum Gasteiger partial charge on any atom is -0.0202 e. The van der Waals surface area contributed by atoms with Crippen molar-refractivity contribution in [1.82, 2.24) is 0 Å². The zero-order valence-electron chi connectivity index (χ0n) is 7.59. The smallest absolute Gasteiger partial charge is 0.0202 e. The fourth-order valence-electron chi connectivity index (χ4n) is 2.74. The summed E-state index contributed by atoms with van der Waals surface area (Å²) in [6.45, 7) is 4.75. The van der Waals surface area contributed by atoms with Crippen LogP contribution in [0.3, 0.4) is 0 Å². The van der Waals surface area contributed by atoms with E-state index in [-0.39, 0.29) is 0 Å². The SMILES string of the molecule is CC(C)[C@@H]1C[C@@H]2C=C[C@H]1CC2. The average molecular weight is 150 g/mol. The maximum absolute atomic E-state index is 2.47. The van der Waals surface area contributed by atoms with Crippen LogP contribution in [0.15, 0.2) is 12.2 Å². The molecule has 0 heteroatoms. The zero-order chi connectivity index (χ0) is 7.84. The lowest BCUT2D eigenvalue weighted by atomic mass is 9.65. The Morgan fingerprint density at radius 1 is 1.18 bits per heavy atom. The van der Waals surface area contributed by atoms with E-state index in [1.165, 1.54) is 19.3 Å². The Kier molecular flexibility index (Phi) is 1.78. The van der Waals surface area contributed by atoms with E-state index in [4.69, 9.17) is 0 Å². The van der Waals surface area contributed by atoms with Crippen LogP contribution in [0.25, 0.3) is 0 Å². The number of fused-ring (bicyclic) bond motifs is 2. The highest BCUT2D eigenvalue weighted by molar-refractivity contribution is 5.06. The zero-order valence-corrected chi connectivity index (χ0v) is 7.59. The number of rotatable bonds is 1. The monoisotopic (exact) mass is 150 g/mol. The van der Waals surface area contributed by atoms with E-state index in [9.17, 15) is 0 Å². The number of hydrogen-bond acceptors (Lipinski definition) is 0. The van der Waals surface area contributed by atoms with Crippen LogP contribution in [0.4, 0.5) is 0 Å². The fraction of sp³-hybridized carbons (Fsp3) is 0.818. The largest absolute Gasteiger partial charge is 0.0851 e. The van der Waals surface area contributed by atoms with Gasteiger partial charge in [-0.15, -0.1) is 0 Å². The van der Waals surface area contributed by atoms with Gasteiger partial charge < -0.3 is 0 Å². The lowest BCUT2D eigenvalue weighted by molar-refractivity contribution is 0.170. The van der Waals surface area contributed by atoms with Gasteiger partial charge in [-0.2, -0.15) is 0 Å². The molecule has 0 aromatic carbocycles. The Hall–Kier alpha value is -0.260. The third-order valence-electron chi connectivity index (χ3n) is 3.48. The lowest BCUT2D eigenvalue weighted by Gasteiger charge is -2.40. The van der Waals surface area contributed by atoms with E-state index in [2.05, 4.69) is 26.0 Å². The van der Waals surface area contributed by atoms with E-state index in [0.29, 0.717) is 0 Å². The van der Waals surface area contributed by atoms with Crippen LogP contribution < -0.4 is 0 Å². The Labute approximate surface area is 69.7 Å². The summed E-state index contributed by atoms with van der Waals surface area (Å²) in [5, 5.41) is 0. The van der Waals surface area contributed by atoms with Gasteiger partial charge in [0.05, 0.1) is 0 Å². The molecule has 3 aliphatic rings. The lowest BCUT2D eigenvalue weighted by Crippen LogP contribution is -2.30. The van der Waals surface area contributed by atoms with Crippen molar-refractivity contribution in [2.45, 2.75) is 33.1 Å². The van der Waals surface area contributed by atoms with Crippen LogP contribution in [0, 0.1) is 23.7 Å². The molecule has 3 atom stereocenters. The molecule has 0 nitrogen and oxygen atoms in total. The molecule has 0 radical (unpaired) electrons. The summed E-state index contributed by atoms with van der Waals surface area (Å²) in [6.07, 6.45) is 9.32. The average Bonchev–Trinajstić information content (AvgIpc) is 2.06. The first kappa shape index (κ1) is 7.39. The second-order valence-corrected chi connectivity index (χ2v) is 4.53. The molecule has 0 aromatic rings. The summed E-state index contributed by atoms with van der Waals surface area (Å²) in [5.41, 5.74) is 0. The summed E-state index contributed by atoms with van der Waals surface area (Å²) in [5.74, 6) is 3.76.